The van der Waals surface area contributed by atoms with Gasteiger partial charge in [0, 0.05) is 45.5 Å². The average molecular weight is 261 g/mol. The lowest BCUT2D eigenvalue weighted by atomic mass is 10.1. The lowest BCUT2D eigenvalue weighted by Gasteiger charge is -2.33. The highest BCUT2D eigenvalue weighted by Crippen LogP contribution is 2.14. The Hall–Kier alpha value is -1.06. The second kappa shape index (κ2) is 6.92. The third kappa shape index (κ3) is 4.22. The number of nitrogens with one attached hydrogen (secondary N) is 1. The zero-order chi connectivity index (χ0) is 13.7. The van der Waals surface area contributed by atoms with Gasteiger partial charge in [-0.15, -0.1) is 0 Å². The van der Waals surface area contributed by atoms with Crippen molar-refractivity contribution in [1.82, 2.24) is 10.2 Å². The van der Waals surface area contributed by atoms with Crippen LogP contribution < -0.4 is 10.2 Å². The van der Waals surface area contributed by atoms with Crippen LogP contribution in [0.2, 0.25) is 0 Å². The zero-order valence-corrected chi connectivity index (χ0v) is 12.5. The Bertz CT molecular complexity index is 372. The number of hydrogen-bond acceptors (Lipinski definition) is 3. The monoisotopic (exact) mass is 261 g/mol. The van der Waals surface area contributed by atoms with Crippen molar-refractivity contribution in [3.63, 3.8) is 0 Å². The minimum Gasteiger partial charge on any atom is -0.378 e. The van der Waals surface area contributed by atoms with E-state index in [1.807, 2.05) is 0 Å². The van der Waals surface area contributed by atoms with Crippen LogP contribution in [0.1, 0.15) is 18.9 Å². The number of anilines is 1. The average Bonchev–Trinajstić information content (AvgIpc) is 2.41. The van der Waals surface area contributed by atoms with E-state index < -0.39 is 0 Å². The first kappa shape index (κ1) is 14.4. The Labute approximate surface area is 117 Å². The molecule has 1 aliphatic heterocycles. The lowest BCUT2D eigenvalue weighted by Crippen LogP contribution is -2.49. The molecule has 1 aromatic rings. The van der Waals surface area contributed by atoms with Crippen molar-refractivity contribution in [3.8, 4) is 0 Å². The van der Waals surface area contributed by atoms with Crippen LogP contribution in [0.3, 0.4) is 0 Å². The minimum absolute atomic E-state index is 0.685. The first-order chi connectivity index (χ1) is 9.16. The second-order valence-electron chi connectivity index (χ2n) is 5.75. The Morgan fingerprint density at radius 3 is 2.63 bits per heavy atom. The number of aryl methyl sites for hydroxylation is 1. The third-order valence-corrected chi connectivity index (χ3v) is 4.00. The van der Waals surface area contributed by atoms with Crippen molar-refractivity contribution in [2.75, 3.05) is 45.2 Å². The van der Waals surface area contributed by atoms with E-state index >= 15 is 0 Å². The highest BCUT2D eigenvalue weighted by Gasteiger charge is 2.16. The maximum Gasteiger partial charge on any atom is 0.0361 e. The van der Waals surface area contributed by atoms with Crippen LogP contribution in [0, 0.1) is 0 Å². The van der Waals surface area contributed by atoms with E-state index in [1.54, 1.807) is 0 Å². The van der Waals surface area contributed by atoms with Crippen molar-refractivity contribution < 1.29 is 0 Å². The largest absolute Gasteiger partial charge is 0.378 e. The molecule has 19 heavy (non-hydrogen) atoms. The Balaban J connectivity index is 1.75. The van der Waals surface area contributed by atoms with Crippen molar-refractivity contribution in [3.05, 3.63) is 29.8 Å². The number of benzene rings is 1. The van der Waals surface area contributed by atoms with Crippen molar-refractivity contribution in [2.45, 2.75) is 25.8 Å². The summed E-state index contributed by atoms with van der Waals surface area (Å²) >= 11 is 0. The molecule has 3 nitrogen and oxygen atoms in total. The van der Waals surface area contributed by atoms with E-state index in [9.17, 15) is 0 Å². The lowest BCUT2D eigenvalue weighted by molar-refractivity contribution is 0.172. The Morgan fingerprint density at radius 2 is 2.00 bits per heavy atom. The first-order valence-electron chi connectivity index (χ1n) is 7.38. The molecular weight excluding hydrogens is 234 g/mol. The highest BCUT2D eigenvalue weighted by molar-refractivity contribution is 5.45. The van der Waals surface area contributed by atoms with Gasteiger partial charge in [0.15, 0.2) is 0 Å². The molecule has 0 spiro atoms. The molecule has 1 unspecified atom stereocenters. The highest BCUT2D eigenvalue weighted by atomic mass is 15.2. The summed E-state index contributed by atoms with van der Waals surface area (Å²) in [6, 6.07) is 9.63. The number of hydrogen-bond donors (Lipinski definition) is 1. The van der Waals surface area contributed by atoms with Crippen LogP contribution in [-0.2, 0) is 6.42 Å². The van der Waals surface area contributed by atoms with Crippen molar-refractivity contribution >= 4 is 5.69 Å². The van der Waals surface area contributed by atoms with E-state index in [-0.39, 0.29) is 0 Å². The summed E-state index contributed by atoms with van der Waals surface area (Å²) in [5, 5.41) is 3.44. The summed E-state index contributed by atoms with van der Waals surface area (Å²) in [6.07, 6.45) is 2.44. The van der Waals surface area contributed by atoms with Gasteiger partial charge in [-0.05, 0) is 44.0 Å². The fourth-order valence-electron chi connectivity index (χ4n) is 2.66. The smallest absolute Gasteiger partial charge is 0.0361 e. The van der Waals surface area contributed by atoms with Gasteiger partial charge in [0.05, 0.1) is 0 Å². The molecule has 1 heterocycles. The molecule has 0 aliphatic carbocycles. The minimum atomic E-state index is 0.685. The SMILES string of the molecule is CC1CNCCN1CCCc1ccc(N(C)C)cc1. The molecule has 0 aromatic heterocycles. The fourth-order valence-corrected chi connectivity index (χ4v) is 2.66. The molecule has 1 aliphatic rings. The molecule has 0 saturated carbocycles. The summed E-state index contributed by atoms with van der Waals surface area (Å²) in [4.78, 5) is 4.75. The summed E-state index contributed by atoms with van der Waals surface area (Å²) in [5.74, 6) is 0. The molecule has 1 aromatic carbocycles. The molecule has 0 bridgehead atoms. The van der Waals surface area contributed by atoms with E-state index in [1.165, 1.54) is 37.2 Å². The van der Waals surface area contributed by atoms with Gasteiger partial charge < -0.3 is 10.2 Å². The van der Waals surface area contributed by atoms with Gasteiger partial charge in [0.25, 0.3) is 0 Å². The maximum absolute atomic E-state index is 3.44. The van der Waals surface area contributed by atoms with E-state index in [0.29, 0.717) is 6.04 Å². The fraction of sp³-hybridized carbons (Fsp3) is 0.625. The van der Waals surface area contributed by atoms with Gasteiger partial charge in [-0.25, -0.2) is 0 Å². The molecule has 3 heteroatoms. The molecular formula is C16H27N3. The number of rotatable bonds is 5. The molecule has 1 N–H and O–H groups in total. The summed E-state index contributed by atoms with van der Waals surface area (Å²) in [7, 11) is 4.17. The maximum atomic E-state index is 3.44. The standard InChI is InChI=1S/C16H27N3/c1-14-13-17-10-12-19(14)11-4-5-15-6-8-16(9-7-15)18(2)3/h6-9,14,17H,4-5,10-13H2,1-3H3. The molecule has 0 radical (unpaired) electrons. The van der Waals surface area contributed by atoms with Crippen LogP contribution in [0.5, 0.6) is 0 Å². The number of nitrogens with zero attached hydrogens (tertiary/aromatic N) is 2. The van der Waals surface area contributed by atoms with Gasteiger partial charge in [-0.2, -0.15) is 0 Å². The summed E-state index contributed by atoms with van der Waals surface area (Å²) < 4.78 is 0. The van der Waals surface area contributed by atoms with Gasteiger partial charge in [0.1, 0.15) is 0 Å². The molecule has 2 rings (SSSR count). The third-order valence-electron chi connectivity index (χ3n) is 4.00. The summed E-state index contributed by atoms with van der Waals surface area (Å²) in [6.45, 7) is 7.01. The van der Waals surface area contributed by atoms with E-state index in [2.05, 4.69) is 60.4 Å². The number of piperazine rings is 1. The van der Waals surface area contributed by atoms with E-state index in [4.69, 9.17) is 0 Å². The molecule has 0 amide bonds. The van der Waals surface area contributed by atoms with Gasteiger partial charge in [0.2, 0.25) is 0 Å². The molecule has 1 saturated heterocycles. The predicted molar refractivity (Wildman–Crippen MR) is 83.0 cm³/mol. The van der Waals surface area contributed by atoms with Crippen LogP contribution in [-0.4, -0.2) is 51.2 Å². The van der Waals surface area contributed by atoms with Crippen molar-refractivity contribution in [1.29, 1.82) is 0 Å². The topological polar surface area (TPSA) is 18.5 Å². The van der Waals surface area contributed by atoms with Crippen LogP contribution in [0.4, 0.5) is 5.69 Å². The second-order valence-corrected chi connectivity index (χ2v) is 5.75. The summed E-state index contributed by atoms with van der Waals surface area (Å²) in [5.41, 5.74) is 2.73. The van der Waals surface area contributed by atoms with Gasteiger partial charge >= 0.3 is 0 Å². The van der Waals surface area contributed by atoms with Gasteiger partial charge in [-0.1, -0.05) is 12.1 Å². The quantitative estimate of drug-likeness (QED) is 0.874. The first-order valence-corrected chi connectivity index (χ1v) is 7.38. The Kier molecular flexibility index (Phi) is 5.23. The van der Waals surface area contributed by atoms with Crippen molar-refractivity contribution in [2.24, 2.45) is 0 Å². The molecule has 106 valence electrons. The normalized spacial score (nSPS) is 20.5. The molecule has 1 fully saturated rings. The van der Waals surface area contributed by atoms with Gasteiger partial charge in [-0.3, -0.25) is 4.90 Å². The Morgan fingerprint density at radius 1 is 1.26 bits per heavy atom. The van der Waals surface area contributed by atoms with Crippen LogP contribution in [0.15, 0.2) is 24.3 Å². The van der Waals surface area contributed by atoms with E-state index in [0.717, 1.165) is 13.1 Å². The van der Waals surface area contributed by atoms with Crippen LogP contribution >= 0.6 is 0 Å². The molecule has 1 atom stereocenters. The zero-order valence-electron chi connectivity index (χ0n) is 12.5. The van der Waals surface area contributed by atoms with Crippen LogP contribution in [0.25, 0.3) is 0 Å². The predicted octanol–water partition coefficient (Wildman–Crippen LogP) is 1.98.